The van der Waals surface area contributed by atoms with Gasteiger partial charge >= 0.3 is 6.03 Å². The van der Waals surface area contributed by atoms with Crippen LogP contribution < -0.4 is 10.2 Å². The second-order valence-corrected chi connectivity index (χ2v) is 13.7. The lowest BCUT2D eigenvalue weighted by Gasteiger charge is -2.40. The SMILES string of the molecule is COC1CN(c2c3cnc(-c4nn(C5CCCCO5)cc4NC(=O)N4CCCCC45CC5)cc3nn2CC2CCN(C)C2)C1. The third-order valence-corrected chi connectivity index (χ3v) is 10.6. The molecule has 3 aromatic rings. The Kier molecular flexibility index (Phi) is 7.26. The van der Waals surface area contributed by atoms with Crippen LogP contribution >= 0.6 is 0 Å². The number of urea groups is 1. The number of rotatable bonds is 7. The van der Waals surface area contributed by atoms with Crippen LogP contribution in [0.15, 0.2) is 18.5 Å². The third-order valence-electron chi connectivity index (χ3n) is 10.6. The van der Waals surface area contributed by atoms with Gasteiger partial charge in [-0.2, -0.15) is 10.2 Å². The van der Waals surface area contributed by atoms with Gasteiger partial charge in [-0.3, -0.25) is 4.98 Å². The smallest absolute Gasteiger partial charge is 0.322 e. The van der Waals surface area contributed by atoms with Gasteiger partial charge in [-0.05, 0) is 83.4 Å². The number of carbonyl (C=O) groups is 1. The molecule has 2 atom stereocenters. The lowest BCUT2D eigenvalue weighted by Crippen LogP contribution is -2.52. The number of fused-ring (bicyclic) bond motifs is 1. The fourth-order valence-electron chi connectivity index (χ4n) is 7.80. The molecule has 7 heterocycles. The van der Waals surface area contributed by atoms with Crippen molar-refractivity contribution in [2.75, 3.05) is 63.7 Å². The number of hydrogen-bond donors (Lipinski definition) is 1. The number of amides is 2. The zero-order valence-electron chi connectivity index (χ0n) is 26.1. The quantitative estimate of drug-likeness (QED) is 0.426. The molecule has 2 unspecified atom stereocenters. The maximum Gasteiger partial charge on any atom is 0.322 e. The first-order valence-corrected chi connectivity index (χ1v) is 16.6. The summed E-state index contributed by atoms with van der Waals surface area (Å²) in [4.78, 5) is 25.5. The molecule has 8 rings (SSSR count). The Morgan fingerprint density at radius 1 is 1.09 bits per heavy atom. The number of pyridine rings is 1. The van der Waals surface area contributed by atoms with Crippen molar-refractivity contribution in [3.63, 3.8) is 0 Å². The largest absolute Gasteiger partial charge is 0.378 e. The predicted octanol–water partition coefficient (Wildman–Crippen LogP) is 4.33. The van der Waals surface area contributed by atoms with E-state index in [1.165, 1.54) is 12.8 Å². The number of piperidine rings is 1. The molecule has 4 aliphatic heterocycles. The standard InChI is InChI=1S/C32H45N9O3/c1-37-13-8-22(17-37)18-41-30(38-19-23(20-38)43-2)24-16-33-26(15-25(24)35-41)29-27(21-40(36-29)28-7-3-6-14-44-28)34-31(42)39-12-5-4-9-32(39)10-11-32/h15-16,21-23,28H,3-14,17-20H2,1-2H3,(H,34,42). The Morgan fingerprint density at radius 2 is 1.98 bits per heavy atom. The van der Waals surface area contributed by atoms with E-state index in [2.05, 4.69) is 31.7 Å². The van der Waals surface area contributed by atoms with E-state index in [0.717, 1.165) is 108 Å². The summed E-state index contributed by atoms with van der Waals surface area (Å²) in [6.45, 7) is 6.32. The van der Waals surface area contributed by atoms with Crippen LogP contribution in [0.5, 0.6) is 0 Å². The van der Waals surface area contributed by atoms with Crippen LogP contribution in [0.25, 0.3) is 22.3 Å². The monoisotopic (exact) mass is 603 g/mol. The fraction of sp³-hybridized carbons (Fsp3) is 0.688. The van der Waals surface area contributed by atoms with E-state index in [4.69, 9.17) is 24.7 Å². The Morgan fingerprint density at radius 3 is 2.73 bits per heavy atom. The molecule has 1 saturated carbocycles. The van der Waals surface area contributed by atoms with Crippen LogP contribution in [-0.4, -0.2) is 106 Å². The number of nitrogens with one attached hydrogen (secondary N) is 1. The van der Waals surface area contributed by atoms with Crippen molar-refractivity contribution in [2.24, 2.45) is 5.92 Å². The van der Waals surface area contributed by atoms with Gasteiger partial charge in [0.25, 0.3) is 0 Å². The second-order valence-electron chi connectivity index (χ2n) is 13.7. The summed E-state index contributed by atoms with van der Waals surface area (Å²) in [6, 6.07) is 2.00. The molecular weight excluding hydrogens is 558 g/mol. The minimum atomic E-state index is -0.142. The highest BCUT2D eigenvalue weighted by Crippen LogP contribution is 2.48. The van der Waals surface area contributed by atoms with Gasteiger partial charge in [0.15, 0.2) is 0 Å². The highest BCUT2D eigenvalue weighted by molar-refractivity contribution is 5.96. The average molecular weight is 604 g/mol. The number of likely N-dealkylation sites (tertiary alicyclic amines) is 2. The molecule has 1 spiro atoms. The summed E-state index contributed by atoms with van der Waals surface area (Å²) in [5.74, 6) is 1.69. The van der Waals surface area contributed by atoms with Gasteiger partial charge < -0.3 is 29.5 Å². The summed E-state index contributed by atoms with van der Waals surface area (Å²) in [5, 5.41) is 14.4. The summed E-state index contributed by atoms with van der Waals surface area (Å²) in [6.07, 6.45) is 13.8. The van der Waals surface area contributed by atoms with Crippen LogP contribution in [0.3, 0.4) is 0 Å². The van der Waals surface area contributed by atoms with Gasteiger partial charge in [0.05, 0.1) is 34.6 Å². The molecule has 4 saturated heterocycles. The topological polar surface area (TPSA) is 106 Å². The lowest BCUT2D eigenvalue weighted by molar-refractivity contribution is -0.0393. The lowest BCUT2D eigenvalue weighted by atomic mass is 10.0. The molecule has 44 heavy (non-hydrogen) atoms. The molecule has 1 aliphatic carbocycles. The van der Waals surface area contributed by atoms with Crippen molar-refractivity contribution in [1.82, 2.24) is 34.3 Å². The van der Waals surface area contributed by atoms with Crippen LogP contribution in [0.1, 0.15) is 64.0 Å². The molecular formula is C32H45N9O3. The number of anilines is 2. The van der Waals surface area contributed by atoms with Crippen molar-refractivity contribution in [1.29, 1.82) is 0 Å². The maximum absolute atomic E-state index is 13.7. The molecule has 5 fully saturated rings. The second kappa shape index (κ2) is 11.3. The number of ether oxygens (including phenoxy) is 2. The molecule has 0 radical (unpaired) electrons. The average Bonchev–Trinajstić information content (AvgIpc) is 3.31. The fourth-order valence-corrected chi connectivity index (χ4v) is 7.80. The van der Waals surface area contributed by atoms with Crippen molar-refractivity contribution < 1.29 is 14.3 Å². The van der Waals surface area contributed by atoms with Gasteiger partial charge in [-0.25, -0.2) is 14.2 Å². The van der Waals surface area contributed by atoms with Crippen LogP contribution in [-0.2, 0) is 16.0 Å². The molecule has 3 aromatic heterocycles. The van der Waals surface area contributed by atoms with Gasteiger partial charge in [0.1, 0.15) is 17.7 Å². The predicted molar refractivity (Wildman–Crippen MR) is 168 cm³/mol. The third kappa shape index (κ3) is 5.14. The summed E-state index contributed by atoms with van der Waals surface area (Å²) >= 11 is 0. The van der Waals surface area contributed by atoms with Crippen molar-refractivity contribution >= 4 is 28.4 Å². The minimum Gasteiger partial charge on any atom is -0.378 e. The molecule has 2 amide bonds. The van der Waals surface area contributed by atoms with Crippen LogP contribution in [0.2, 0.25) is 0 Å². The summed E-state index contributed by atoms with van der Waals surface area (Å²) in [5.41, 5.74) is 2.99. The zero-order chi connectivity index (χ0) is 29.8. The molecule has 12 heteroatoms. The number of carbonyl (C=O) groups excluding carboxylic acids is 1. The first kappa shape index (κ1) is 28.3. The van der Waals surface area contributed by atoms with E-state index in [1.54, 1.807) is 7.11 Å². The van der Waals surface area contributed by atoms with Crippen molar-refractivity contribution in [3.8, 4) is 11.4 Å². The molecule has 0 aromatic carbocycles. The van der Waals surface area contributed by atoms with Gasteiger partial charge in [0, 0.05) is 58.2 Å². The molecule has 1 N–H and O–H groups in total. The van der Waals surface area contributed by atoms with E-state index < -0.39 is 0 Å². The number of aromatic nitrogens is 5. The van der Waals surface area contributed by atoms with Crippen molar-refractivity contribution in [2.45, 2.75) is 82.2 Å². The Balaban J connectivity index is 1.14. The van der Waals surface area contributed by atoms with E-state index in [9.17, 15) is 4.79 Å². The Labute approximate surface area is 258 Å². The molecule has 236 valence electrons. The highest BCUT2D eigenvalue weighted by Gasteiger charge is 2.51. The minimum absolute atomic E-state index is 0.0350. The Hall–Kier alpha value is -3.22. The Bertz CT molecular complexity index is 1520. The molecule has 5 aliphatic rings. The van der Waals surface area contributed by atoms with Gasteiger partial charge in [0.2, 0.25) is 0 Å². The maximum atomic E-state index is 13.7. The summed E-state index contributed by atoms with van der Waals surface area (Å²) < 4.78 is 15.7. The first-order chi connectivity index (χ1) is 21.5. The number of methoxy groups -OCH3 is 1. The van der Waals surface area contributed by atoms with Crippen molar-refractivity contribution in [3.05, 3.63) is 18.5 Å². The van der Waals surface area contributed by atoms with E-state index in [-0.39, 0.29) is 23.9 Å². The normalized spacial score (nSPS) is 25.6. The van der Waals surface area contributed by atoms with Crippen LogP contribution in [0, 0.1) is 5.92 Å². The molecule has 0 bridgehead atoms. The number of hydrogen-bond acceptors (Lipinski definition) is 8. The zero-order valence-corrected chi connectivity index (χ0v) is 26.1. The van der Waals surface area contributed by atoms with E-state index in [0.29, 0.717) is 23.0 Å². The van der Waals surface area contributed by atoms with Gasteiger partial charge in [-0.1, -0.05) is 0 Å². The number of nitrogens with zero attached hydrogens (tertiary/aromatic N) is 8. The first-order valence-electron chi connectivity index (χ1n) is 16.6. The van der Waals surface area contributed by atoms with E-state index in [1.807, 2.05) is 23.1 Å². The highest BCUT2D eigenvalue weighted by atomic mass is 16.5. The molecule has 12 nitrogen and oxygen atoms in total. The summed E-state index contributed by atoms with van der Waals surface area (Å²) in [7, 11) is 3.97. The van der Waals surface area contributed by atoms with E-state index >= 15 is 0 Å². The van der Waals surface area contributed by atoms with Gasteiger partial charge in [-0.15, -0.1) is 0 Å². The van der Waals surface area contributed by atoms with Crippen LogP contribution in [0.4, 0.5) is 16.3 Å².